The molecule has 86 valence electrons. The van der Waals surface area contributed by atoms with Crippen LogP contribution in [0.15, 0.2) is 12.3 Å². The smallest absolute Gasteiger partial charge is 0.270 e. The number of aromatic nitrogens is 1. The first-order chi connectivity index (χ1) is 7.70. The first-order valence-corrected chi connectivity index (χ1v) is 5.63. The summed E-state index contributed by atoms with van der Waals surface area (Å²) in [6.45, 7) is 3.79. The largest absolute Gasteiger partial charge is 0.356 e. The standard InChI is InChI=1S/C12H16N2O2/c1-9-3-2-4-14(7-9)12(16)11-5-10(8-15)6-13-11/h5-6,8-9,13H,2-4,7H2,1H3. The molecule has 2 rings (SSSR count). The highest BCUT2D eigenvalue weighted by molar-refractivity contribution is 5.94. The Bertz CT molecular complexity index is 397. The maximum Gasteiger partial charge on any atom is 0.270 e. The van der Waals surface area contributed by atoms with Gasteiger partial charge in [-0.25, -0.2) is 0 Å². The summed E-state index contributed by atoms with van der Waals surface area (Å²) in [4.78, 5) is 27.3. The van der Waals surface area contributed by atoms with E-state index in [-0.39, 0.29) is 5.91 Å². The van der Waals surface area contributed by atoms with Gasteiger partial charge in [-0.1, -0.05) is 6.92 Å². The summed E-state index contributed by atoms with van der Waals surface area (Å²) in [6, 6.07) is 1.61. The Balaban J connectivity index is 2.08. The number of rotatable bonds is 2. The van der Waals surface area contributed by atoms with Gasteiger partial charge < -0.3 is 9.88 Å². The van der Waals surface area contributed by atoms with Gasteiger partial charge in [-0.2, -0.15) is 0 Å². The lowest BCUT2D eigenvalue weighted by molar-refractivity contribution is 0.0678. The number of piperidine rings is 1. The molecule has 1 saturated heterocycles. The molecule has 1 N–H and O–H groups in total. The van der Waals surface area contributed by atoms with Gasteiger partial charge in [-0.3, -0.25) is 9.59 Å². The average Bonchev–Trinajstić information content (AvgIpc) is 2.76. The molecule has 4 nitrogen and oxygen atoms in total. The summed E-state index contributed by atoms with van der Waals surface area (Å²) in [6.07, 6.45) is 4.56. The normalized spacial score (nSPS) is 20.8. The third-order valence-corrected chi connectivity index (χ3v) is 3.02. The van der Waals surface area contributed by atoms with Crippen LogP contribution in [0, 0.1) is 5.92 Å². The van der Waals surface area contributed by atoms with E-state index in [1.165, 1.54) is 6.42 Å². The first kappa shape index (κ1) is 10.9. The van der Waals surface area contributed by atoms with E-state index in [0.29, 0.717) is 17.2 Å². The Kier molecular flexibility index (Phi) is 3.08. The summed E-state index contributed by atoms with van der Waals surface area (Å²) in [5.41, 5.74) is 1.03. The van der Waals surface area contributed by atoms with Crippen molar-refractivity contribution in [3.63, 3.8) is 0 Å². The summed E-state index contributed by atoms with van der Waals surface area (Å²) >= 11 is 0. The number of nitrogens with zero attached hydrogens (tertiary/aromatic N) is 1. The molecular formula is C12H16N2O2. The zero-order chi connectivity index (χ0) is 11.5. The number of likely N-dealkylation sites (tertiary alicyclic amines) is 1. The Morgan fingerprint density at radius 2 is 2.44 bits per heavy atom. The van der Waals surface area contributed by atoms with E-state index in [4.69, 9.17) is 0 Å². The minimum Gasteiger partial charge on any atom is -0.356 e. The molecule has 0 radical (unpaired) electrons. The van der Waals surface area contributed by atoms with Crippen molar-refractivity contribution in [3.8, 4) is 0 Å². The molecule has 0 bridgehead atoms. The Morgan fingerprint density at radius 1 is 1.62 bits per heavy atom. The summed E-state index contributed by atoms with van der Waals surface area (Å²) in [7, 11) is 0. The molecule has 1 aliphatic heterocycles. The lowest BCUT2D eigenvalue weighted by Gasteiger charge is -2.30. The number of carbonyl (C=O) groups excluding carboxylic acids is 2. The predicted molar refractivity (Wildman–Crippen MR) is 60.5 cm³/mol. The fraction of sp³-hybridized carbons (Fsp3) is 0.500. The summed E-state index contributed by atoms with van der Waals surface area (Å²) < 4.78 is 0. The minimum atomic E-state index is -0.000324. The molecule has 4 heteroatoms. The predicted octanol–water partition coefficient (Wildman–Crippen LogP) is 1.70. The Morgan fingerprint density at radius 3 is 3.06 bits per heavy atom. The highest BCUT2D eigenvalue weighted by Gasteiger charge is 2.22. The molecule has 0 saturated carbocycles. The lowest BCUT2D eigenvalue weighted by Crippen LogP contribution is -2.39. The lowest BCUT2D eigenvalue weighted by atomic mass is 10.00. The van der Waals surface area contributed by atoms with Crippen molar-refractivity contribution >= 4 is 12.2 Å². The van der Waals surface area contributed by atoms with Crippen molar-refractivity contribution in [1.82, 2.24) is 9.88 Å². The number of nitrogens with one attached hydrogen (secondary N) is 1. The monoisotopic (exact) mass is 220 g/mol. The fourth-order valence-corrected chi connectivity index (χ4v) is 2.15. The number of carbonyl (C=O) groups is 2. The van der Waals surface area contributed by atoms with Crippen LogP contribution in [0.3, 0.4) is 0 Å². The highest BCUT2D eigenvalue weighted by Crippen LogP contribution is 2.17. The van der Waals surface area contributed by atoms with E-state index in [1.807, 2.05) is 4.90 Å². The molecule has 1 aromatic rings. The molecular weight excluding hydrogens is 204 g/mol. The van der Waals surface area contributed by atoms with Gasteiger partial charge in [0.05, 0.1) is 0 Å². The van der Waals surface area contributed by atoms with Crippen LogP contribution in [-0.4, -0.2) is 35.2 Å². The van der Waals surface area contributed by atoms with Crippen LogP contribution in [0.4, 0.5) is 0 Å². The maximum atomic E-state index is 12.1. The maximum absolute atomic E-state index is 12.1. The van der Waals surface area contributed by atoms with Crippen LogP contribution in [0.5, 0.6) is 0 Å². The van der Waals surface area contributed by atoms with Crippen molar-refractivity contribution in [2.24, 2.45) is 5.92 Å². The van der Waals surface area contributed by atoms with Crippen LogP contribution in [-0.2, 0) is 0 Å². The van der Waals surface area contributed by atoms with Gasteiger partial charge in [-0.05, 0) is 24.8 Å². The number of aldehydes is 1. The fourth-order valence-electron chi connectivity index (χ4n) is 2.15. The molecule has 1 aliphatic rings. The molecule has 2 heterocycles. The van der Waals surface area contributed by atoms with Gasteiger partial charge in [0.2, 0.25) is 0 Å². The Hall–Kier alpha value is -1.58. The zero-order valence-corrected chi connectivity index (χ0v) is 9.40. The van der Waals surface area contributed by atoms with E-state index in [9.17, 15) is 9.59 Å². The highest BCUT2D eigenvalue weighted by atomic mass is 16.2. The molecule has 0 aromatic carbocycles. The third-order valence-electron chi connectivity index (χ3n) is 3.02. The summed E-state index contributed by atoms with van der Waals surface area (Å²) in [5.74, 6) is 0.567. The van der Waals surface area contributed by atoms with Crippen molar-refractivity contribution < 1.29 is 9.59 Å². The molecule has 1 amide bonds. The molecule has 1 aromatic heterocycles. The second kappa shape index (κ2) is 4.51. The number of hydrogen-bond acceptors (Lipinski definition) is 2. The quantitative estimate of drug-likeness (QED) is 0.771. The average molecular weight is 220 g/mol. The molecule has 0 aliphatic carbocycles. The van der Waals surface area contributed by atoms with E-state index in [0.717, 1.165) is 25.8 Å². The number of hydrogen-bond donors (Lipinski definition) is 1. The van der Waals surface area contributed by atoms with Crippen molar-refractivity contribution in [2.75, 3.05) is 13.1 Å². The van der Waals surface area contributed by atoms with Crippen LogP contribution < -0.4 is 0 Å². The second-order valence-corrected chi connectivity index (χ2v) is 4.46. The third kappa shape index (κ3) is 2.15. The summed E-state index contributed by atoms with van der Waals surface area (Å²) in [5, 5.41) is 0. The zero-order valence-electron chi connectivity index (χ0n) is 9.40. The van der Waals surface area contributed by atoms with Crippen molar-refractivity contribution in [2.45, 2.75) is 19.8 Å². The molecule has 1 atom stereocenters. The minimum absolute atomic E-state index is 0.000324. The number of aromatic amines is 1. The van der Waals surface area contributed by atoms with Crippen LogP contribution in [0.2, 0.25) is 0 Å². The number of amides is 1. The van der Waals surface area contributed by atoms with E-state index in [2.05, 4.69) is 11.9 Å². The SMILES string of the molecule is CC1CCCN(C(=O)c2cc(C=O)c[nH]2)C1. The first-order valence-electron chi connectivity index (χ1n) is 5.63. The topological polar surface area (TPSA) is 53.2 Å². The van der Waals surface area contributed by atoms with Gasteiger partial charge in [0, 0.05) is 24.8 Å². The van der Waals surface area contributed by atoms with Crippen LogP contribution in [0.25, 0.3) is 0 Å². The van der Waals surface area contributed by atoms with E-state index in [1.54, 1.807) is 12.3 Å². The second-order valence-electron chi connectivity index (χ2n) is 4.46. The molecule has 0 spiro atoms. The van der Waals surface area contributed by atoms with Crippen LogP contribution in [0.1, 0.15) is 40.6 Å². The van der Waals surface area contributed by atoms with E-state index >= 15 is 0 Å². The van der Waals surface area contributed by atoms with Gasteiger partial charge in [0.15, 0.2) is 6.29 Å². The van der Waals surface area contributed by atoms with E-state index < -0.39 is 0 Å². The molecule has 16 heavy (non-hydrogen) atoms. The van der Waals surface area contributed by atoms with Crippen molar-refractivity contribution in [1.29, 1.82) is 0 Å². The van der Waals surface area contributed by atoms with Gasteiger partial charge in [0.25, 0.3) is 5.91 Å². The van der Waals surface area contributed by atoms with Gasteiger partial charge in [-0.15, -0.1) is 0 Å². The van der Waals surface area contributed by atoms with Crippen LogP contribution >= 0.6 is 0 Å². The molecule has 1 fully saturated rings. The number of H-pyrrole nitrogens is 1. The van der Waals surface area contributed by atoms with Crippen molar-refractivity contribution in [3.05, 3.63) is 23.5 Å². The molecule has 1 unspecified atom stereocenters. The van der Waals surface area contributed by atoms with Gasteiger partial charge >= 0.3 is 0 Å². The Labute approximate surface area is 94.6 Å². The van der Waals surface area contributed by atoms with Gasteiger partial charge in [0.1, 0.15) is 5.69 Å².